The average Bonchev–Trinajstić information content (AvgIpc) is 2.45. The van der Waals surface area contributed by atoms with Crippen LogP contribution >= 0.6 is 0 Å². The summed E-state index contributed by atoms with van der Waals surface area (Å²) >= 11 is 0. The van der Waals surface area contributed by atoms with Crippen LogP contribution in [0.3, 0.4) is 0 Å². The van der Waals surface area contributed by atoms with Gasteiger partial charge in [-0.15, -0.1) is 0 Å². The largest absolute Gasteiger partial charge is 0.505 e. The van der Waals surface area contributed by atoms with Crippen LogP contribution in [-0.2, 0) is 0 Å². The summed E-state index contributed by atoms with van der Waals surface area (Å²) in [7, 11) is 0. The number of rotatable bonds is 0. The molecule has 0 spiro atoms. The minimum absolute atomic E-state index is 0.310. The zero-order chi connectivity index (χ0) is 7.84. The first-order valence-corrected chi connectivity index (χ1v) is 3.41. The van der Waals surface area contributed by atoms with Crippen molar-refractivity contribution in [2.45, 2.75) is 6.92 Å². The Morgan fingerprint density at radius 3 is 3.18 bits per heavy atom. The lowest BCUT2D eigenvalue weighted by atomic mass is 10.3. The summed E-state index contributed by atoms with van der Waals surface area (Å²) in [6.07, 6.45) is 3.44. The third kappa shape index (κ3) is 0.774. The highest BCUT2D eigenvalue weighted by molar-refractivity contribution is 5.61. The molecule has 0 aromatic carbocycles. The van der Waals surface area contributed by atoms with Gasteiger partial charge < -0.3 is 5.11 Å². The smallest absolute Gasteiger partial charge is 0.145 e. The Morgan fingerprint density at radius 1 is 1.55 bits per heavy atom. The Balaban J connectivity index is 2.93. The number of aryl methyl sites for hydroxylation is 1. The Hall–Kier alpha value is -1.51. The lowest BCUT2D eigenvalue weighted by Crippen LogP contribution is -1.89. The van der Waals surface area contributed by atoms with Crippen molar-refractivity contribution in [2.24, 2.45) is 0 Å². The van der Waals surface area contributed by atoms with Gasteiger partial charge in [-0.1, -0.05) is 0 Å². The molecule has 2 heterocycles. The van der Waals surface area contributed by atoms with E-state index in [0.29, 0.717) is 5.75 Å². The highest BCUT2D eigenvalue weighted by Gasteiger charge is 2.01. The van der Waals surface area contributed by atoms with Crippen molar-refractivity contribution in [1.82, 2.24) is 9.61 Å². The van der Waals surface area contributed by atoms with Gasteiger partial charge in [0.25, 0.3) is 0 Å². The summed E-state index contributed by atoms with van der Waals surface area (Å²) in [6, 6.07) is 3.68. The number of aromatic nitrogens is 2. The van der Waals surface area contributed by atoms with Crippen molar-refractivity contribution < 1.29 is 5.11 Å². The van der Waals surface area contributed by atoms with E-state index in [1.54, 1.807) is 16.9 Å². The van der Waals surface area contributed by atoms with E-state index >= 15 is 0 Å². The molecule has 3 nitrogen and oxygen atoms in total. The van der Waals surface area contributed by atoms with Gasteiger partial charge in [-0.05, 0) is 19.1 Å². The maximum atomic E-state index is 9.49. The van der Waals surface area contributed by atoms with E-state index in [9.17, 15) is 5.11 Å². The quantitative estimate of drug-likeness (QED) is 0.612. The highest BCUT2D eigenvalue weighted by Crippen LogP contribution is 2.20. The first kappa shape index (κ1) is 6.22. The van der Waals surface area contributed by atoms with Gasteiger partial charge in [0, 0.05) is 11.8 Å². The van der Waals surface area contributed by atoms with Crippen LogP contribution in [0.15, 0.2) is 24.5 Å². The molecule has 3 heteroatoms. The van der Waals surface area contributed by atoms with Crippen molar-refractivity contribution in [3.8, 4) is 5.75 Å². The van der Waals surface area contributed by atoms with E-state index in [1.807, 2.05) is 19.1 Å². The van der Waals surface area contributed by atoms with Crippen LogP contribution in [0, 0.1) is 6.92 Å². The number of hydrogen-bond acceptors (Lipinski definition) is 2. The van der Waals surface area contributed by atoms with Gasteiger partial charge in [-0.25, -0.2) is 4.52 Å². The molecule has 0 saturated carbocycles. The third-order valence-corrected chi connectivity index (χ3v) is 1.72. The van der Waals surface area contributed by atoms with Gasteiger partial charge in [-0.3, -0.25) is 0 Å². The summed E-state index contributed by atoms with van der Waals surface area (Å²) in [5, 5.41) is 13.5. The zero-order valence-electron chi connectivity index (χ0n) is 6.15. The molecule has 2 aromatic rings. The van der Waals surface area contributed by atoms with Crippen molar-refractivity contribution in [3.63, 3.8) is 0 Å². The van der Waals surface area contributed by atoms with E-state index in [2.05, 4.69) is 5.10 Å². The molecule has 0 aliphatic carbocycles. The SMILES string of the molecule is Cc1cnn2cccc2c1O. The molecule has 2 rings (SSSR count). The van der Waals surface area contributed by atoms with Crippen LogP contribution in [0.4, 0.5) is 0 Å². The summed E-state index contributed by atoms with van der Waals surface area (Å²) in [6.45, 7) is 1.83. The molecule has 0 aliphatic heterocycles. The van der Waals surface area contributed by atoms with Crippen LogP contribution in [-0.4, -0.2) is 14.7 Å². The first-order chi connectivity index (χ1) is 5.29. The van der Waals surface area contributed by atoms with E-state index in [-0.39, 0.29) is 0 Å². The Labute approximate surface area is 63.9 Å². The number of hydrogen-bond donors (Lipinski definition) is 1. The van der Waals surface area contributed by atoms with E-state index in [4.69, 9.17) is 0 Å². The number of aromatic hydroxyl groups is 1. The van der Waals surface area contributed by atoms with Crippen molar-refractivity contribution in [2.75, 3.05) is 0 Å². The number of fused-ring (bicyclic) bond motifs is 1. The molecule has 1 N–H and O–H groups in total. The molecule has 11 heavy (non-hydrogen) atoms. The lowest BCUT2D eigenvalue weighted by Gasteiger charge is -1.99. The summed E-state index contributed by atoms with van der Waals surface area (Å²) in [5.41, 5.74) is 1.56. The maximum Gasteiger partial charge on any atom is 0.145 e. The minimum Gasteiger partial charge on any atom is -0.505 e. The predicted molar refractivity (Wildman–Crippen MR) is 41.6 cm³/mol. The standard InChI is InChI=1S/C8H8N2O/c1-6-5-9-10-4-2-3-7(10)8(6)11/h2-5,11H,1H3. The van der Waals surface area contributed by atoms with Crippen LogP contribution in [0.5, 0.6) is 5.75 Å². The normalized spacial score (nSPS) is 10.6. The Bertz CT molecular complexity index is 392. The average molecular weight is 148 g/mol. The summed E-state index contributed by atoms with van der Waals surface area (Å²) in [4.78, 5) is 0. The lowest BCUT2D eigenvalue weighted by molar-refractivity contribution is 0.472. The van der Waals surface area contributed by atoms with Gasteiger partial charge in [0.2, 0.25) is 0 Å². The molecule has 0 aliphatic rings. The molecule has 56 valence electrons. The van der Waals surface area contributed by atoms with Crippen LogP contribution in [0.25, 0.3) is 5.52 Å². The topological polar surface area (TPSA) is 37.5 Å². The van der Waals surface area contributed by atoms with Gasteiger partial charge in [-0.2, -0.15) is 5.10 Å². The van der Waals surface area contributed by atoms with Crippen molar-refractivity contribution >= 4 is 5.52 Å². The second-order valence-electron chi connectivity index (χ2n) is 2.51. The third-order valence-electron chi connectivity index (χ3n) is 1.72. The molecule has 0 amide bonds. The second-order valence-corrected chi connectivity index (χ2v) is 2.51. The zero-order valence-corrected chi connectivity index (χ0v) is 6.15. The summed E-state index contributed by atoms with van der Waals surface area (Å²) in [5.74, 6) is 0.310. The van der Waals surface area contributed by atoms with Crippen molar-refractivity contribution in [3.05, 3.63) is 30.1 Å². The minimum atomic E-state index is 0.310. The summed E-state index contributed by atoms with van der Waals surface area (Å²) < 4.78 is 1.64. The van der Waals surface area contributed by atoms with Crippen molar-refractivity contribution in [1.29, 1.82) is 0 Å². The molecule has 0 saturated heterocycles. The molecule has 0 atom stereocenters. The van der Waals surface area contributed by atoms with Gasteiger partial charge in [0.1, 0.15) is 11.3 Å². The molecule has 0 bridgehead atoms. The van der Waals surface area contributed by atoms with E-state index in [0.717, 1.165) is 11.1 Å². The van der Waals surface area contributed by atoms with Gasteiger partial charge in [0.05, 0.1) is 6.20 Å². The van der Waals surface area contributed by atoms with E-state index < -0.39 is 0 Å². The molecule has 2 aromatic heterocycles. The molecular weight excluding hydrogens is 140 g/mol. The predicted octanol–water partition coefficient (Wildman–Crippen LogP) is 1.35. The molecule has 0 unspecified atom stereocenters. The van der Waals surface area contributed by atoms with Gasteiger partial charge in [0.15, 0.2) is 0 Å². The van der Waals surface area contributed by atoms with Crippen LogP contribution in [0.1, 0.15) is 5.56 Å². The molecule has 0 fully saturated rings. The molecular formula is C8H8N2O. The Morgan fingerprint density at radius 2 is 2.36 bits per heavy atom. The number of nitrogens with zero attached hydrogens (tertiary/aromatic N) is 2. The van der Waals surface area contributed by atoms with Crippen LogP contribution < -0.4 is 0 Å². The first-order valence-electron chi connectivity index (χ1n) is 3.41. The Kier molecular flexibility index (Phi) is 1.12. The second kappa shape index (κ2) is 1.99. The van der Waals surface area contributed by atoms with Crippen LogP contribution in [0.2, 0.25) is 0 Å². The molecule has 0 radical (unpaired) electrons. The fourth-order valence-electron chi connectivity index (χ4n) is 1.07. The highest BCUT2D eigenvalue weighted by atomic mass is 16.3. The fourth-order valence-corrected chi connectivity index (χ4v) is 1.07. The maximum absolute atomic E-state index is 9.49. The monoisotopic (exact) mass is 148 g/mol. The van der Waals surface area contributed by atoms with Gasteiger partial charge >= 0.3 is 0 Å². The fraction of sp³-hybridized carbons (Fsp3) is 0.125. The van der Waals surface area contributed by atoms with E-state index in [1.165, 1.54) is 0 Å².